The molecule has 3 nitrogen and oxygen atoms in total. The highest BCUT2D eigenvalue weighted by atomic mass is 35.5. The molecule has 0 aliphatic carbocycles. The zero-order valence-corrected chi connectivity index (χ0v) is 14.1. The Kier molecular flexibility index (Phi) is 4.38. The van der Waals surface area contributed by atoms with E-state index in [4.69, 9.17) is 0 Å². The first kappa shape index (κ1) is 16.2. The summed E-state index contributed by atoms with van der Waals surface area (Å²) in [6.45, 7) is 6.00. The molecule has 3 aromatic rings. The van der Waals surface area contributed by atoms with Gasteiger partial charge >= 0.3 is 0 Å². The van der Waals surface area contributed by atoms with Crippen molar-refractivity contribution < 1.29 is 5.11 Å². The van der Waals surface area contributed by atoms with Crippen LogP contribution in [0.15, 0.2) is 30.3 Å². The standard InChI is InChI=1S/C18H20N2O.ClH/c1-10-7-13(8-11(2)18(10)21)17-12(3)15-9-14(19-4)5-6-16(15)20-17;/h5-9,19-21H,1-4H3;1H. The van der Waals surface area contributed by atoms with Crippen LogP contribution in [0.4, 0.5) is 5.69 Å². The van der Waals surface area contributed by atoms with Crippen LogP contribution >= 0.6 is 12.4 Å². The number of anilines is 1. The number of hydrogen-bond acceptors (Lipinski definition) is 2. The predicted molar refractivity (Wildman–Crippen MR) is 96.4 cm³/mol. The minimum atomic E-state index is 0. The lowest BCUT2D eigenvalue weighted by Crippen LogP contribution is -1.87. The van der Waals surface area contributed by atoms with Gasteiger partial charge in [0.05, 0.1) is 0 Å². The summed E-state index contributed by atoms with van der Waals surface area (Å²) in [5, 5.41) is 14.3. The molecule has 0 saturated heterocycles. The van der Waals surface area contributed by atoms with Crippen molar-refractivity contribution in [2.45, 2.75) is 20.8 Å². The maximum Gasteiger partial charge on any atom is 0.121 e. The van der Waals surface area contributed by atoms with Gasteiger partial charge in [-0.2, -0.15) is 0 Å². The maximum absolute atomic E-state index is 9.94. The Morgan fingerprint density at radius 1 is 1.00 bits per heavy atom. The summed E-state index contributed by atoms with van der Waals surface area (Å²) in [6.07, 6.45) is 0. The van der Waals surface area contributed by atoms with Crippen molar-refractivity contribution in [2.24, 2.45) is 0 Å². The van der Waals surface area contributed by atoms with E-state index in [1.54, 1.807) is 0 Å². The molecule has 1 aromatic heterocycles. The SMILES string of the molecule is CNc1ccc2[nH]c(-c3cc(C)c(O)c(C)c3)c(C)c2c1.Cl. The van der Waals surface area contributed by atoms with Gasteiger partial charge in [-0.15, -0.1) is 12.4 Å². The van der Waals surface area contributed by atoms with Gasteiger partial charge in [0.1, 0.15) is 5.75 Å². The van der Waals surface area contributed by atoms with Gasteiger partial charge in [-0.25, -0.2) is 0 Å². The van der Waals surface area contributed by atoms with E-state index >= 15 is 0 Å². The van der Waals surface area contributed by atoms with Crippen molar-refractivity contribution in [1.29, 1.82) is 0 Å². The minimum absolute atomic E-state index is 0. The summed E-state index contributed by atoms with van der Waals surface area (Å²) in [4.78, 5) is 3.50. The number of hydrogen-bond donors (Lipinski definition) is 3. The molecule has 0 spiro atoms. The zero-order valence-electron chi connectivity index (χ0n) is 13.2. The molecular weight excluding hydrogens is 296 g/mol. The van der Waals surface area contributed by atoms with Crippen molar-refractivity contribution in [3.63, 3.8) is 0 Å². The van der Waals surface area contributed by atoms with E-state index in [1.165, 1.54) is 10.9 Å². The average molecular weight is 317 g/mol. The molecule has 0 aliphatic heterocycles. The number of nitrogens with one attached hydrogen (secondary N) is 2. The van der Waals surface area contributed by atoms with Gasteiger partial charge in [0.15, 0.2) is 0 Å². The molecular formula is C18H21ClN2O. The van der Waals surface area contributed by atoms with Crippen LogP contribution in [0.1, 0.15) is 16.7 Å². The van der Waals surface area contributed by atoms with Crippen LogP contribution in [0.5, 0.6) is 5.75 Å². The van der Waals surface area contributed by atoms with Gasteiger partial charge in [0.2, 0.25) is 0 Å². The molecule has 0 bridgehead atoms. The smallest absolute Gasteiger partial charge is 0.121 e. The van der Waals surface area contributed by atoms with Crippen LogP contribution in [-0.4, -0.2) is 17.1 Å². The van der Waals surface area contributed by atoms with Gasteiger partial charge in [-0.3, -0.25) is 0 Å². The number of H-pyrrole nitrogens is 1. The summed E-state index contributed by atoms with van der Waals surface area (Å²) >= 11 is 0. The highest BCUT2D eigenvalue weighted by Crippen LogP contribution is 2.34. The number of phenolic OH excluding ortho intramolecular Hbond substituents is 1. The number of aromatic nitrogens is 1. The molecule has 1 heterocycles. The Labute approximate surface area is 136 Å². The van der Waals surface area contributed by atoms with Crippen molar-refractivity contribution in [3.8, 4) is 17.0 Å². The van der Waals surface area contributed by atoms with E-state index < -0.39 is 0 Å². The lowest BCUT2D eigenvalue weighted by atomic mass is 10.0. The Morgan fingerprint density at radius 2 is 1.64 bits per heavy atom. The molecule has 22 heavy (non-hydrogen) atoms. The first-order valence-electron chi connectivity index (χ1n) is 7.12. The van der Waals surface area contributed by atoms with Crippen LogP contribution in [0, 0.1) is 20.8 Å². The van der Waals surface area contributed by atoms with E-state index in [0.29, 0.717) is 5.75 Å². The number of benzene rings is 2. The number of phenols is 1. The second-order valence-electron chi connectivity index (χ2n) is 5.59. The van der Waals surface area contributed by atoms with Crippen molar-refractivity contribution in [1.82, 2.24) is 4.98 Å². The van der Waals surface area contributed by atoms with E-state index in [2.05, 4.69) is 35.4 Å². The van der Waals surface area contributed by atoms with E-state index in [-0.39, 0.29) is 12.4 Å². The topological polar surface area (TPSA) is 48.0 Å². The minimum Gasteiger partial charge on any atom is -0.507 e. The normalized spacial score (nSPS) is 10.5. The molecule has 0 amide bonds. The van der Waals surface area contributed by atoms with Crippen molar-refractivity contribution in [3.05, 3.63) is 47.0 Å². The third kappa shape index (κ3) is 2.53. The number of fused-ring (bicyclic) bond motifs is 1. The molecule has 2 aromatic carbocycles. The summed E-state index contributed by atoms with van der Waals surface area (Å²) in [5.41, 5.74) is 7.50. The fourth-order valence-corrected chi connectivity index (χ4v) is 2.87. The van der Waals surface area contributed by atoms with Crippen LogP contribution in [0.3, 0.4) is 0 Å². The fourth-order valence-electron chi connectivity index (χ4n) is 2.87. The van der Waals surface area contributed by atoms with Crippen molar-refractivity contribution in [2.75, 3.05) is 12.4 Å². The van der Waals surface area contributed by atoms with Crippen LogP contribution in [-0.2, 0) is 0 Å². The Hall–Kier alpha value is -2.13. The molecule has 3 rings (SSSR count). The molecule has 0 aliphatic rings. The Morgan fingerprint density at radius 3 is 2.23 bits per heavy atom. The van der Waals surface area contributed by atoms with Gasteiger partial charge < -0.3 is 15.4 Å². The number of halogens is 1. The summed E-state index contributed by atoms with van der Waals surface area (Å²) in [7, 11) is 1.93. The van der Waals surface area contributed by atoms with Crippen LogP contribution < -0.4 is 5.32 Å². The molecule has 0 saturated carbocycles. The third-order valence-electron chi connectivity index (χ3n) is 4.13. The molecule has 3 N–H and O–H groups in total. The van der Waals surface area contributed by atoms with E-state index in [9.17, 15) is 5.11 Å². The average Bonchev–Trinajstić information content (AvgIpc) is 2.81. The monoisotopic (exact) mass is 316 g/mol. The fraction of sp³-hybridized carbons (Fsp3) is 0.222. The Balaban J connectivity index is 0.00000176. The van der Waals surface area contributed by atoms with Crippen LogP contribution in [0.2, 0.25) is 0 Å². The predicted octanol–water partition coefficient (Wildman–Crippen LogP) is 4.93. The Bertz CT molecular complexity index is 813. The van der Waals surface area contributed by atoms with Gasteiger partial charge in [0, 0.05) is 29.3 Å². The summed E-state index contributed by atoms with van der Waals surface area (Å²) in [5.74, 6) is 0.380. The second kappa shape index (κ2) is 5.93. The molecule has 0 unspecified atom stereocenters. The van der Waals surface area contributed by atoms with Crippen molar-refractivity contribution >= 4 is 29.0 Å². The number of aromatic amines is 1. The van der Waals surface area contributed by atoms with Crippen LogP contribution in [0.25, 0.3) is 22.2 Å². The number of aryl methyl sites for hydroxylation is 3. The lowest BCUT2D eigenvalue weighted by Gasteiger charge is -2.07. The zero-order chi connectivity index (χ0) is 15.1. The van der Waals surface area contributed by atoms with E-state index in [0.717, 1.165) is 33.6 Å². The largest absolute Gasteiger partial charge is 0.507 e. The maximum atomic E-state index is 9.94. The second-order valence-corrected chi connectivity index (χ2v) is 5.59. The third-order valence-corrected chi connectivity index (χ3v) is 4.13. The summed E-state index contributed by atoms with van der Waals surface area (Å²) in [6, 6.07) is 10.4. The summed E-state index contributed by atoms with van der Waals surface area (Å²) < 4.78 is 0. The molecule has 0 fully saturated rings. The van der Waals surface area contributed by atoms with Gasteiger partial charge in [-0.1, -0.05) is 0 Å². The van der Waals surface area contributed by atoms with Gasteiger partial charge in [-0.05, 0) is 73.4 Å². The van der Waals surface area contributed by atoms with E-state index in [1.807, 2.05) is 33.0 Å². The lowest BCUT2D eigenvalue weighted by molar-refractivity contribution is 0.467. The molecule has 116 valence electrons. The van der Waals surface area contributed by atoms with Gasteiger partial charge in [0.25, 0.3) is 0 Å². The quantitative estimate of drug-likeness (QED) is 0.628. The number of rotatable bonds is 2. The first-order chi connectivity index (χ1) is 10.0. The first-order valence-corrected chi connectivity index (χ1v) is 7.12. The highest BCUT2D eigenvalue weighted by molar-refractivity contribution is 5.92. The highest BCUT2D eigenvalue weighted by Gasteiger charge is 2.12. The molecule has 4 heteroatoms. The molecule has 0 atom stereocenters. The number of aromatic hydroxyl groups is 1. The molecule has 0 radical (unpaired) electrons.